The molecule has 0 saturated heterocycles. The average Bonchev–Trinajstić information content (AvgIpc) is 2.90. The predicted octanol–water partition coefficient (Wildman–Crippen LogP) is 5.95. The average molecular weight is 412 g/mol. The lowest BCUT2D eigenvalue weighted by Gasteiger charge is -2.16. The van der Waals surface area contributed by atoms with Crippen molar-refractivity contribution >= 4 is 23.4 Å². The van der Waals surface area contributed by atoms with Gasteiger partial charge in [0.05, 0.1) is 5.69 Å². The summed E-state index contributed by atoms with van der Waals surface area (Å²) in [6.07, 6.45) is 7.69. The molecular formula is C26H21NO2S. The third-order valence-electron chi connectivity index (χ3n) is 5.47. The minimum atomic E-state index is 0.00298. The SMILES string of the molecule is O=C1Nc2cc(Cc3ccc(-c4cccc(O)c4)cc3)ccc2SC2CC=CC=C12. The number of nitrogens with one attached hydrogen (secondary N) is 1. The van der Waals surface area contributed by atoms with Crippen molar-refractivity contribution in [1.29, 1.82) is 0 Å². The molecule has 1 amide bonds. The van der Waals surface area contributed by atoms with Gasteiger partial charge in [-0.25, -0.2) is 0 Å². The number of carbonyl (C=O) groups excluding carboxylic acids is 1. The van der Waals surface area contributed by atoms with Crippen molar-refractivity contribution in [2.45, 2.75) is 23.0 Å². The molecule has 2 N–H and O–H groups in total. The molecule has 1 unspecified atom stereocenters. The second-order valence-corrected chi connectivity index (χ2v) is 8.85. The van der Waals surface area contributed by atoms with E-state index in [0.717, 1.165) is 45.7 Å². The molecule has 1 atom stereocenters. The number of anilines is 1. The van der Waals surface area contributed by atoms with Crippen LogP contribution in [0.5, 0.6) is 5.75 Å². The van der Waals surface area contributed by atoms with Crippen LogP contribution < -0.4 is 5.32 Å². The summed E-state index contributed by atoms with van der Waals surface area (Å²) in [5.74, 6) is 0.274. The third kappa shape index (κ3) is 3.79. The number of benzene rings is 3. The highest BCUT2D eigenvalue weighted by Crippen LogP contribution is 2.40. The number of allylic oxidation sites excluding steroid dienone is 3. The van der Waals surface area contributed by atoms with Crippen molar-refractivity contribution in [2.75, 3.05) is 5.32 Å². The molecule has 0 spiro atoms. The van der Waals surface area contributed by atoms with Crippen molar-refractivity contribution in [1.82, 2.24) is 0 Å². The van der Waals surface area contributed by atoms with Crippen LogP contribution in [0.4, 0.5) is 5.69 Å². The Morgan fingerprint density at radius 2 is 1.80 bits per heavy atom. The van der Waals surface area contributed by atoms with Gasteiger partial charge in [0.15, 0.2) is 0 Å². The smallest absolute Gasteiger partial charge is 0.252 e. The molecule has 0 fully saturated rings. The van der Waals surface area contributed by atoms with E-state index in [2.05, 4.69) is 53.9 Å². The number of aromatic hydroxyl groups is 1. The topological polar surface area (TPSA) is 49.3 Å². The van der Waals surface area contributed by atoms with E-state index in [1.54, 1.807) is 23.9 Å². The molecule has 0 saturated carbocycles. The van der Waals surface area contributed by atoms with Crippen molar-refractivity contribution in [3.63, 3.8) is 0 Å². The first-order valence-corrected chi connectivity index (χ1v) is 10.9. The zero-order valence-electron chi connectivity index (χ0n) is 16.3. The lowest BCUT2D eigenvalue weighted by molar-refractivity contribution is -0.112. The van der Waals surface area contributed by atoms with E-state index >= 15 is 0 Å². The molecule has 0 aromatic heterocycles. The van der Waals surface area contributed by atoms with Gasteiger partial charge < -0.3 is 10.4 Å². The predicted molar refractivity (Wildman–Crippen MR) is 123 cm³/mol. The number of phenols is 1. The van der Waals surface area contributed by atoms with Gasteiger partial charge in [-0.2, -0.15) is 0 Å². The number of amides is 1. The summed E-state index contributed by atoms with van der Waals surface area (Å²) >= 11 is 1.76. The fraction of sp³-hybridized carbons (Fsp3) is 0.115. The highest BCUT2D eigenvalue weighted by Gasteiger charge is 2.27. The van der Waals surface area contributed by atoms with E-state index in [4.69, 9.17) is 0 Å². The lowest BCUT2D eigenvalue weighted by atomic mass is 10.00. The van der Waals surface area contributed by atoms with Crippen molar-refractivity contribution < 1.29 is 9.90 Å². The largest absolute Gasteiger partial charge is 0.508 e. The molecule has 5 rings (SSSR count). The van der Waals surface area contributed by atoms with Crippen LogP contribution in [0.2, 0.25) is 0 Å². The van der Waals surface area contributed by atoms with Crippen LogP contribution >= 0.6 is 11.8 Å². The first kappa shape index (κ1) is 18.8. The fourth-order valence-corrected chi connectivity index (χ4v) is 5.12. The molecule has 1 aliphatic carbocycles. The molecule has 30 heavy (non-hydrogen) atoms. The minimum Gasteiger partial charge on any atom is -0.508 e. The summed E-state index contributed by atoms with van der Waals surface area (Å²) in [6, 6.07) is 22.0. The van der Waals surface area contributed by atoms with Gasteiger partial charge in [-0.3, -0.25) is 4.79 Å². The standard InChI is InChI=1S/C26H21NO2S/c28-21-5-3-4-20(16-21)19-11-8-17(9-12-19)14-18-10-13-25-23(15-18)27-26(29)22-6-1-2-7-24(22)30-25/h1-6,8-13,15-16,24,28H,7,14H2,(H,27,29). The number of phenolic OH excluding ortho intramolecular Hbond substituents is 1. The van der Waals surface area contributed by atoms with E-state index in [-0.39, 0.29) is 16.9 Å². The summed E-state index contributed by atoms with van der Waals surface area (Å²) in [4.78, 5) is 13.8. The number of hydrogen-bond acceptors (Lipinski definition) is 3. The van der Waals surface area contributed by atoms with E-state index in [0.29, 0.717) is 0 Å². The van der Waals surface area contributed by atoms with Crippen LogP contribution in [0, 0.1) is 0 Å². The Labute approximate surface area is 180 Å². The molecule has 3 aromatic rings. The maximum atomic E-state index is 12.6. The molecular weight excluding hydrogens is 390 g/mol. The van der Waals surface area contributed by atoms with Crippen LogP contribution in [0.3, 0.4) is 0 Å². The highest BCUT2D eigenvalue weighted by atomic mass is 32.2. The van der Waals surface area contributed by atoms with Crippen LogP contribution in [0.1, 0.15) is 17.5 Å². The van der Waals surface area contributed by atoms with Gasteiger partial charge in [0, 0.05) is 15.7 Å². The third-order valence-corrected chi connectivity index (χ3v) is 6.81. The molecule has 3 nitrogen and oxygen atoms in total. The van der Waals surface area contributed by atoms with E-state index in [1.807, 2.05) is 24.3 Å². The van der Waals surface area contributed by atoms with Crippen molar-refractivity contribution in [3.8, 4) is 16.9 Å². The summed E-state index contributed by atoms with van der Waals surface area (Å²) in [5, 5.41) is 13.0. The molecule has 3 aromatic carbocycles. The summed E-state index contributed by atoms with van der Waals surface area (Å²) in [7, 11) is 0. The van der Waals surface area contributed by atoms with Crippen LogP contribution in [0.15, 0.2) is 95.4 Å². The number of fused-ring (bicyclic) bond motifs is 2. The molecule has 2 aliphatic rings. The van der Waals surface area contributed by atoms with Crippen molar-refractivity contribution in [2.24, 2.45) is 0 Å². The second-order valence-electron chi connectivity index (χ2n) is 7.60. The molecule has 148 valence electrons. The van der Waals surface area contributed by atoms with Gasteiger partial charge in [-0.05, 0) is 59.4 Å². The first-order valence-electron chi connectivity index (χ1n) is 10.0. The molecule has 1 heterocycles. The van der Waals surface area contributed by atoms with Gasteiger partial charge in [-0.15, -0.1) is 11.8 Å². The maximum absolute atomic E-state index is 12.6. The number of rotatable bonds is 3. The summed E-state index contributed by atoms with van der Waals surface area (Å²) < 4.78 is 0. The summed E-state index contributed by atoms with van der Waals surface area (Å²) in [6.45, 7) is 0. The van der Waals surface area contributed by atoms with E-state index < -0.39 is 0 Å². The summed E-state index contributed by atoms with van der Waals surface area (Å²) in [5.41, 5.74) is 6.18. The zero-order valence-corrected chi connectivity index (χ0v) is 17.2. The Morgan fingerprint density at radius 3 is 2.63 bits per heavy atom. The molecule has 1 aliphatic heterocycles. The lowest BCUT2D eigenvalue weighted by Crippen LogP contribution is -2.20. The highest BCUT2D eigenvalue weighted by molar-refractivity contribution is 8.00. The Kier molecular flexibility index (Phi) is 4.93. The van der Waals surface area contributed by atoms with E-state index in [9.17, 15) is 9.90 Å². The quantitative estimate of drug-likeness (QED) is 0.560. The normalized spacial score (nSPS) is 17.4. The monoisotopic (exact) mass is 411 g/mol. The second kappa shape index (κ2) is 7.88. The van der Waals surface area contributed by atoms with Gasteiger partial charge in [0.1, 0.15) is 5.75 Å². The van der Waals surface area contributed by atoms with Crippen LogP contribution in [0.25, 0.3) is 11.1 Å². The van der Waals surface area contributed by atoms with Crippen LogP contribution in [-0.4, -0.2) is 16.3 Å². The van der Waals surface area contributed by atoms with Crippen molar-refractivity contribution in [3.05, 3.63) is 102 Å². The number of carbonyl (C=O) groups is 1. The van der Waals surface area contributed by atoms with Gasteiger partial charge in [-0.1, -0.05) is 60.7 Å². The maximum Gasteiger partial charge on any atom is 0.252 e. The Bertz CT molecular complexity index is 1180. The van der Waals surface area contributed by atoms with Gasteiger partial charge in [0.25, 0.3) is 5.91 Å². The Hall–Kier alpha value is -3.24. The molecule has 4 heteroatoms. The first-order chi connectivity index (χ1) is 14.7. The Balaban J connectivity index is 1.36. The van der Waals surface area contributed by atoms with Gasteiger partial charge >= 0.3 is 0 Å². The van der Waals surface area contributed by atoms with Crippen LogP contribution in [-0.2, 0) is 11.2 Å². The number of thioether (sulfide) groups is 1. The zero-order chi connectivity index (χ0) is 20.5. The molecule has 0 radical (unpaired) electrons. The fourth-order valence-electron chi connectivity index (χ4n) is 3.91. The minimum absolute atomic E-state index is 0.00298. The number of hydrogen-bond donors (Lipinski definition) is 2. The Morgan fingerprint density at radius 1 is 0.967 bits per heavy atom. The molecule has 0 bridgehead atoms. The van der Waals surface area contributed by atoms with E-state index in [1.165, 1.54) is 5.56 Å². The van der Waals surface area contributed by atoms with Gasteiger partial charge in [0.2, 0.25) is 0 Å².